The molecule has 102 valence electrons. The molecular formula is C14H18N2O3. The molecule has 2 rings (SSSR count). The van der Waals surface area contributed by atoms with Gasteiger partial charge in [0.25, 0.3) is 0 Å². The maximum atomic E-state index is 10.9. The fourth-order valence-electron chi connectivity index (χ4n) is 2.05. The van der Waals surface area contributed by atoms with Crippen molar-refractivity contribution in [3.05, 3.63) is 29.6 Å². The molecule has 1 aromatic heterocycles. The smallest absolute Gasteiger partial charge is 0.335 e. The molecule has 0 aliphatic heterocycles. The van der Waals surface area contributed by atoms with Crippen molar-refractivity contribution in [2.75, 3.05) is 6.61 Å². The third-order valence-corrected chi connectivity index (χ3v) is 2.95. The van der Waals surface area contributed by atoms with Crippen LogP contribution in [0.4, 0.5) is 0 Å². The second-order valence-corrected chi connectivity index (χ2v) is 4.74. The zero-order valence-electron chi connectivity index (χ0n) is 11.4. The van der Waals surface area contributed by atoms with Gasteiger partial charge in [0, 0.05) is 6.54 Å². The Morgan fingerprint density at radius 3 is 2.84 bits per heavy atom. The number of carbonyl (C=O) groups is 1. The summed E-state index contributed by atoms with van der Waals surface area (Å²) in [6, 6.07) is 5.00. The second-order valence-electron chi connectivity index (χ2n) is 4.74. The second kappa shape index (κ2) is 5.40. The molecule has 0 saturated carbocycles. The Bertz CT molecular complexity index is 602. The van der Waals surface area contributed by atoms with Gasteiger partial charge in [-0.05, 0) is 39.0 Å². The molecule has 1 heterocycles. The first-order valence-electron chi connectivity index (χ1n) is 6.31. The number of fused-ring (bicyclic) bond motifs is 1. The highest BCUT2D eigenvalue weighted by Crippen LogP contribution is 2.18. The normalized spacial score (nSPS) is 11.4. The monoisotopic (exact) mass is 262 g/mol. The number of carboxylic acid groups (broad SMARTS) is 1. The van der Waals surface area contributed by atoms with Crippen molar-refractivity contribution in [3.8, 4) is 0 Å². The van der Waals surface area contributed by atoms with Gasteiger partial charge in [0.2, 0.25) is 0 Å². The predicted molar refractivity (Wildman–Crippen MR) is 72.5 cm³/mol. The van der Waals surface area contributed by atoms with Crippen LogP contribution in [0.1, 0.15) is 30.0 Å². The minimum Gasteiger partial charge on any atom is -0.478 e. The lowest BCUT2D eigenvalue weighted by molar-refractivity contribution is 0.0696. The van der Waals surface area contributed by atoms with Gasteiger partial charge in [0.05, 0.1) is 29.3 Å². The number of carboxylic acids is 1. The molecule has 0 amide bonds. The van der Waals surface area contributed by atoms with E-state index in [1.165, 1.54) is 0 Å². The van der Waals surface area contributed by atoms with E-state index in [1.807, 2.05) is 25.3 Å². The van der Waals surface area contributed by atoms with Gasteiger partial charge >= 0.3 is 5.97 Å². The molecule has 5 nitrogen and oxygen atoms in total. The number of aromatic carboxylic acids is 1. The number of aryl methyl sites for hydroxylation is 1. The standard InChI is InChI=1S/C14H18N2O3/c1-9(2)19-7-6-16-10(3)15-12-8-11(14(17)18)4-5-13(12)16/h4-5,8-9H,6-7H2,1-3H3,(H,17,18). The van der Waals surface area contributed by atoms with Crippen molar-refractivity contribution in [2.45, 2.75) is 33.4 Å². The summed E-state index contributed by atoms with van der Waals surface area (Å²) >= 11 is 0. The van der Waals surface area contributed by atoms with Gasteiger partial charge in [-0.15, -0.1) is 0 Å². The van der Waals surface area contributed by atoms with Crippen LogP contribution in [0, 0.1) is 6.92 Å². The van der Waals surface area contributed by atoms with E-state index in [0.29, 0.717) is 18.7 Å². The Kier molecular flexibility index (Phi) is 3.85. The van der Waals surface area contributed by atoms with Crippen LogP contribution in [0.15, 0.2) is 18.2 Å². The minimum atomic E-state index is -0.933. The highest BCUT2D eigenvalue weighted by molar-refractivity contribution is 5.92. The van der Waals surface area contributed by atoms with Gasteiger partial charge < -0.3 is 14.4 Å². The van der Waals surface area contributed by atoms with Crippen LogP contribution in [0.5, 0.6) is 0 Å². The first kappa shape index (κ1) is 13.5. The van der Waals surface area contributed by atoms with E-state index in [-0.39, 0.29) is 11.7 Å². The van der Waals surface area contributed by atoms with Gasteiger partial charge in [-0.3, -0.25) is 0 Å². The summed E-state index contributed by atoms with van der Waals surface area (Å²) in [5.41, 5.74) is 1.91. The van der Waals surface area contributed by atoms with Crippen molar-refractivity contribution in [1.82, 2.24) is 9.55 Å². The zero-order chi connectivity index (χ0) is 14.0. The van der Waals surface area contributed by atoms with Gasteiger partial charge in [-0.2, -0.15) is 0 Å². The van der Waals surface area contributed by atoms with E-state index >= 15 is 0 Å². The summed E-state index contributed by atoms with van der Waals surface area (Å²) in [6.45, 7) is 7.24. The first-order valence-corrected chi connectivity index (χ1v) is 6.31. The molecule has 0 aliphatic carbocycles. The minimum absolute atomic E-state index is 0.203. The number of imidazole rings is 1. The Morgan fingerprint density at radius 1 is 1.47 bits per heavy atom. The summed E-state index contributed by atoms with van der Waals surface area (Å²) in [5, 5.41) is 8.97. The average Bonchev–Trinajstić information content (AvgIpc) is 2.64. The van der Waals surface area contributed by atoms with Crippen LogP contribution in [0.25, 0.3) is 11.0 Å². The van der Waals surface area contributed by atoms with Crippen LogP contribution in [0.3, 0.4) is 0 Å². The summed E-state index contributed by atoms with van der Waals surface area (Å²) in [5.74, 6) is -0.0675. The molecule has 0 radical (unpaired) electrons. The lowest BCUT2D eigenvalue weighted by Gasteiger charge is -2.10. The van der Waals surface area contributed by atoms with E-state index < -0.39 is 5.97 Å². The molecule has 1 N–H and O–H groups in total. The highest BCUT2D eigenvalue weighted by atomic mass is 16.5. The van der Waals surface area contributed by atoms with Crippen molar-refractivity contribution in [3.63, 3.8) is 0 Å². The molecule has 0 spiro atoms. The Morgan fingerprint density at radius 2 is 2.21 bits per heavy atom. The number of rotatable bonds is 5. The number of ether oxygens (including phenoxy) is 1. The van der Waals surface area contributed by atoms with E-state index in [2.05, 4.69) is 4.98 Å². The van der Waals surface area contributed by atoms with Crippen molar-refractivity contribution < 1.29 is 14.6 Å². The molecule has 0 atom stereocenters. The van der Waals surface area contributed by atoms with Crippen LogP contribution < -0.4 is 0 Å². The largest absolute Gasteiger partial charge is 0.478 e. The topological polar surface area (TPSA) is 64.3 Å². The molecule has 0 fully saturated rings. The van der Waals surface area contributed by atoms with Crippen LogP contribution in [-0.2, 0) is 11.3 Å². The number of benzene rings is 1. The third kappa shape index (κ3) is 2.93. The third-order valence-electron chi connectivity index (χ3n) is 2.95. The molecule has 2 aromatic rings. The quantitative estimate of drug-likeness (QED) is 0.899. The summed E-state index contributed by atoms with van der Waals surface area (Å²) < 4.78 is 7.58. The highest BCUT2D eigenvalue weighted by Gasteiger charge is 2.10. The summed E-state index contributed by atoms with van der Waals surface area (Å²) in [6.07, 6.45) is 0.203. The van der Waals surface area contributed by atoms with E-state index in [0.717, 1.165) is 11.3 Å². The molecule has 5 heteroatoms. The molecule has 0 saturated heterocycles. The SMILES string of the molecule is Cc1nc2cc(C(=O)O)ccc2n1CCOC(C)C. The number of aromatic nitrogens is 2. The van der Waals surface area contributed by atoms with E-state index in [4.69, 9.17) is 9.84 Å². The number of hydrogen-bond donors (Lipinski definition) is 1. The maximum absolute atomic E-state index is 10.9. The molecule has 0 aliphatic rings. The number of nitrogens with zero attached hydrogens (tertiary/aromatic N) is 2. The first-order chi connectivity index (χ1) is 8.99. The lowest BCUT2D eigenvalue weighted by atomic mass is 10.2. The Hall–Kier alpha value is -1.88. The summed E-state index contributed by atoms with van der Waals surface area (Å²) in [7, 11) is 0. The zero-order valence-corrected chi connectivity index (χ0v) is 11.4. The van der Waals surface area contributed by atoms with Gasteiger partial charge in [0.15, 0.2) is 0 Å². The van der Waals surface area contributed by atoms with Crippen LogP contribution in [0.2, 0.25) is 0 Å². The molecular weight excluding hydrogens is 244 g/mol. The van der Waals surface area contributed by atoms with E-state index in [1.54, 1.807) is 18.2 Å². The summed E-state index contributed by atoms with van der Waals surface area (Å²) in [4.78, 5) is 15.3. The molecule has 0 bridgehead atoms. The van der Waals surface area contributed by atoms with Crippen molar-refractivity contribution >= 4 is 17.0 Å². The Labute approximate surface area is 111 Å². The van der Waals surface area contributed by atoms with Crippen molar-refractivity contribution in [2.24, 2.45) is 0 Å². The number of hydrogen-bond acceptors (Lipinski definition) is 3. The molecule has 0 unspecified atom stereocenters. The predicted octanol–water partition coefficient (Wildman–Crippen LogP) is 2.47. The molecule has 1 aromatic carbocycles. The maximum Gasteiger partial charge on any atom is 0.335 e. The van der Waals surface area contributed by atoms with Gasteiger partial charge in [0.1, 0.15) is 5.82 Å². The fourth-order valence-corrected chi connectivity index (χ4v) is 2.05. The Balaban J connectivity index is 2.29. The molecule has 19 heavy (non-hydrogen) atoms. The average molecular weight is 262 g/mol. The van der Waals surface area contributed by atoms with Gasteiger partial charge in [-0.25, -0.2) is 9.78 Å². The van der Waals surface area contributed by atoms with Crippen LogP contribution >= 0.6 is 0 Å². The van der Waals surface area contributed by atoms with Crippen molar-refractivity contribution in [1.29, 1.82) is 0 Å². The van der Waals surface area contributed by atoms with E-state index in [9.17, 15) is 4.79 Å². The fraction of sp³-hybridized carbons (Fsp3) is 0.429. The lowest BCUT2D eigenvalue weighted by Crippen LogP contribution is -2.11. The van der Waals surface area contributed by atoms with Crippen LogP contribution in [-0.4, -0.2) is 33.3 Å². The van der Waals surface area contributed by atoms with Gasteiger partial charge in [-0.1, -0.05) is 0 Å².